The fraction of sp³-hybridized carbons (Fsp3) is 0.483. The summed E-state index contributed by atoms with van der Waals surface area (Å²) in [6, 6.07) is 15.1. The molecule has 0 unspecified atom stereocenters. The number of hydrogen-bond acceptors (Lipinski definition) is 6. The van der Waals surface area contributed by atoms with E-state index in [0.717, 1.165) is 37.0 Å². The maximum Gasteiger partial charge on any atom is 0.232 e. The molecule has 0 radical (unpaired) electrons. The molecule has 0 N–H and O–H groups in total. The smallest absolute Gasteiger partial charge is 0.232 e. The number of nitrogens with zero attached hydrogens (tertiary/aromatic N) is 1. The van der Waals surface area contributed by atoms with Crippen LogP contribution in [0, 0.1) is 5.41 Å². The second-order valence-electron chi connectivity index (χ2n) is 10.8. The van der Waals surface area contributed by atoms with E-state index in [4.69, 9.17) is 30.5 Å². The van der Waals surface area contributed by atoms with Gasteiger partial charge < -0.3 is 18.9 Å². The molecule has 2 saturated heterocycles. The number of hydrogen-bond donors (Lipinski definition) is 0. The number of ether oxygens (including phenoxy) is 4. The van der Waals surface area contributed by atoms with E-state index < -0.39 is 17.5 Å². The predicted molar refractivity (Wildman–Crippen MR) is 134 cm³/mol. The lowest BCUT2D eigenvalue weighted by atomic mass is 9.65. The average Bonchev–Trinajstić information content (AvgIpc) is 3.50. The topological polar surface area (TPSA) is 57.2 Å². The van der Waals surface area contributed by atoms with Gasteiger partial charge in [-0.25, -0.2) is 0 Å². The van der Waals surface area contributed by atoms with E-state index in [-0.39, 0.29) is 30.5 Å². The Bertz CT molecular complexity index is 1220. The van der Waals surface area contributed by atoms with E-state index in [1.807, 2.05) is 48.5 Å². The molecule has 36 heavy (non-hydrogen) atoms. The summed E-state index contributed by atoms with van der Waals surface area (Å²) in [4.78, 5) is 16.6. The third-order valence-electron chi connectivity index (χ3n) is 8.73. The molecule has 7 rings (SSSR count). The lowest BCUT2D eigenvalue weighted by Gasteiger charge is -2.42. The number of fused-ring (bicyclic) bond motifs is 2. The van der Waals surface area contributed by atoms with Crippen molar-refractivity contribution in [3.8, 4) is 5.75 Å². The zero-order chi connectivity index (χ0) is 24.5. The summed E-state index contributed by atoms with van der Waals surface area (Å²) in [5.74, 6) is 0.850. The van der Waals surface area contributed by atoms with Crippen LogP contribution in [0.25, 0.3) is 0 Å². The molecular formula is C29H30ClNO5. The van der Waals surface area contributed by atoms with Crippen LogP contribution >= 0.6 is 11.6 Å². The minimum atomic E-state index is -0.857. The Kier molecular flexibility index (Phi) is 5.27. The first kappa shape index (κ1) is 22.8. The normalized spacial score (nSPS) is 34.8. The van der Waals surface area contributed by atoms with Crippen LogP contribution < -0.4 is 4.74 Å². The largest absolute Gasteiger partial charge is 0.492 e. The van der Waals surface area contributed by atoms with Gasteiger partial charge in [0.2, 0.25) is 6.29 Å². The maximum absolute atomic E-state index is 14.4. The molecule has 4 heterocycles. The lowest BCUT2D eigenvalue weighted by Crippen LogP contribution is -2.53. The molecule has 2 spiro atoms. The molecule has 5 aliphatic rings. The van der Waals surface area contributed by atoms with Gasteiger partial charge >= 0.3 is 0 Å². The Morgan fingerprint density at radius 2 is 1.78 bits per heavy atom. The Morgan fingerprint density at radius 1 is 1.00 bits per heavy atom. The predicted octanol–water partition coefficient (Wildman–Crippen LogP) is 5.32. The van der Waals surface area contributed by atoms with Crippen molar-refractivity contribution < 1.29 is 23.7 Å². The molecule has 5 atom stereocenters. The fourth-order valence-electron chi connectivity index (χ4n) is 7.10. The molecule has 188 valence electrons. The first-order valence-corrected chi connectivity index (χ1v) is 13.3. The Morgan fingerprint density at radius 3 is 2.56 bits per heavy atom. The number of carbonyl (C=O) groups is 1. The summed E-state index contributed by atoms with van der Waals surface area (Å²) in [7, 11) is 2.05. The summed E-state index contributed by atoms with van der Waals surface area (Å²) in [5, 5.41) is 0.674. The standard InChI is InChI=1S/C29H30ClNO5/c1-31-16-21(18-9-11-19(30)12-10-18)29(17-33-22-8-4-3-7-20(22)26(29)32)25(31)23-15-24-27(34-23)36-28(35-24)13-5-2-6-14-28/h3-4,7-12,15,21,24-25,27H,2,5-6,13-14,16-17H2,1H3/t21-,24+,25-,27+,29+/m1/s1. The average molecular weight is 508 g/mol. The minimum absolute atomic E-state index is 0.0887. The molecule has 2 aromatic rings. The molecule has 4 aliphatic heterocycles. The van der Waals surface area contributed by atoms with Crippen LogP contribution in [0.4, 0.5) is 0 Å². The maximum atomic E-state index is 14.4. The van der Waals surface area contributed by atoms with E-state index in [1.165, 1.54) is 6.42 Å². The highest BCUT2D eigenvalue weighted by atomic mass is 35.5. The van der Waals surface area contributed by atoms with Crippen molar-refractivity contribution in [2.75, 3.05) is 20.2 Å². The van der Waals surface area contributed by atoms with Crippen molar-refractivity contribution in [2.45, 2.75) is 62.2 Å². The molecule has 0 bridgehead atoms. The van der Waals surface area contributed by atoms with Crippen LogP contribution in [-0.2, 0) is 14.2 Å². The number of Topliss-reactive ketones (excluding diaryl/α,β-unsaturated/α-hetero) is 1. The van der Waals surface area contributed by atoms with Crippen molar-refractivity contribution in [2.24, 2.45) is 5.41 Å². The number of ketones is 1. The van der Waals surface area contributed by atoms with Crippen molar-refractivity contribution in [3.63, 3.8) is 0 Å². The molecule has 2 aromatic carbocycles. The molecule has 0 aromatic heterocycles. The Balaban J connectivity index is 1.29. The van der Waals surface area contributed by atoms with Crippen molar-refractivity contribution >= 4 is 17.4 Å². The molecule has 0 amide bonds. The molecule has 7 heteroatoms. The molecule has 1 aliphatic carbocycles. The van der Waals surface area contributed by atoms with Gasteiger partial charge in [0.25, 0.3) is 0 Å². The zero-order valence-electron chi connectivity index (χ0n) is 20.3. The summed E-state index contributed by atoms with van der Waals surface area (Å²) in [6.45, 7) is 0.956. The Hall–Kier alpha value is -2.38. The first-order valence-electron chi connectivity index (χ1n) is 13.0. The van der Waals surface area contributed by atoms with E-state index in [2.05, 4.69) is 18.0 Å². The summed E-state index contributed by atoms with van der Waals surface area (Å²) < 4.78 is 25.6. The summed E-state index contributed by atoms with van der Waals surface area (Å²) in [5.41, 5.74) is 0.831. The third-order valence-corrected chi connectivity index (χ3v) is 8.98. The van der Waals surface area contributed by atoms with Gasteiger partial charge in [-0.3, -0.25) is 9.69 Å². The van der Waals surface area contributed by atoms with E-state index >= 15 is 0 Å². The van der Waals surface area contributed by atoms with E-state index in [9.17, 15) is 4.79 Å². The van der Waals surface area contributed by atoms with Gasteiger partial charge in [-0.1, -0.05) is 42.3 Å². The quantitative estimate of drug-likeness (QED) is 0.548. The highest BCUT2D eigenvalue weighted by molar-refractivity contribution is 6.30. The fourth-order valence-corrected chi connectivity index (χ4v) is 7.22. The highest BCUT2D eigenvalue weighted by Crippen LogP contribution is 2.56. The molecular weight excluding hydrogens is 478 g/mol. The SMILES string of the molecule is CN1C[C@H](c2ccc(Cl)cc2)[C@@]2(COc3ccccc3C2=O)[C@H]1C1=C[C@@H]2OC3(CCCCC3)O[C@@H]2O1. The van der Waals surface area contributed by atoms with Gasteiger partial charge in [-0.15, -0.1) is 0 Å². The van der Waals surface area contributed by atoms with Crippen LogP contribution in [0.1, 0.15) is 53.9 Å². The van der Waals surface area contributed by atoms with Crippen LogP contribution in [0.2, 0.25) is 5.02 Å². The second-order valence-corrected chi connectivity index (χ2v) is 11.3. The summed E-state index contributed by atoms with van der Waals surface area (Å²) in [6.07, 6.45) is 6.57. The van der Waals surface area contributed by atoms with Gasteiger partial charge in [0, 0.05) is 30.3 Å². The molecule has 3 fully saturated rings. The first-order chi connectivity index (χ1) is 17.5. The van der Waals surface area contributed by atoms with Crippen molar-refractivity contribution in [1.29, 1.82) is 0 Å². The number of para-hydroxylation sites is 1. The Labute approximate surface area is 216 Å². The van der Waals surface area contributed by atoms with Crippen molar-refractivity contribution in [3.05, 3.63) is 76.5 Å². The second kappa shape index (κ2) is 8.32. The molecule has 1 saturated carbocycles. The zero-order valence-corrected chi connectivity index (χ0v) is 21.1. The minimum Gasteiger partial charge on any atom is -0.492 e. The number of likely N-dealkylation sites (tertiary alicyclic amines) is 1. The van der Waals surface area contributed by atoms with Gasteiger partial charge in [-0.05, 0) is 55.8 Å². The van der Waals surface area contributed by atoms with Crippen molar-refractivity contribution in [1.82, 2.24) is 4.90 Å². The number of halogens is 1. The monoisotopic (exact) mass is 507 g/mol. The lowest BCUT2D eigenvalue weighted by molar-refractivity contribution is -0.221. The van der Waals surface area contributed by atoms with E-state index in [1.54, 1.807) is 0 Å². The number of rotatable bonds is 2. The number of likely N-dealkylation sites (N-methyl/N-ethyl adjacent to an activating group) is 1. The number of benzene rings is 2. The van der Waals surface area contributed by atoms with E-state index in [0.29, 0.717) is 22.9 Å². The van der Waals surface area contributed by atoms with Gasteiger partial charge in [0.15, 0.2) is 11.6 Å². The van der Waals surface area contributed by atoms with Gasteiger partial charge in [0.05, 0.1) is 17.0 Å². The van der Waals surface area contributed by atoms with Crippen LogP contribution in [0.5, 0.6) is 5.75 Å². The van der Waals surface area contributed by atoms with Gasteiger partial charge in [0.1, 0.15) is 24.2 Å². The van der Waals surface area contributed by atoms with Crippen LogP contribution in [0.3, 0.4) is 0 Å². The number of carbonyl (C=O) groups excluding carboxylic acids is 1. The summed E-state index contributed by atoms with van der Waals surface area (Å²) >= 11 is 6.21. The van der Waals surface area contributed by atoms with Crippen LogP contribution in [-0.4, -0.2) is 55.1 Å². The molecule has 6 nitrogen and oxygen atoms in total. The van der Waals surface area contributed by atoms with Gasteiger partial charge in [-0.2, -0.15) is 0 Å². The highest BCUT2D eigenvalue weighted by Gasteiger charge is 2.64. The third kappa shape index (κ3) is 3.31. The van der Waals surface area contributed by atoms with Crippen LogP contribution in [0.15, 0.2) is 60.4 Å².